The summed E-state index contributed by atoms with van der Waals surface area (Å²) in [5.41, 5.74) is 0.721. The summed E-state index contributed by atoms with van der Waals surface area (Å²) in [4.78, 5) is -0.243. The van der Waals surface area contributed by atoms with E-state index in [1.54, 1.807) is 13.0 Å². The maximum Gasteiger partial charge on any atom is 0.246 e. The molecule has 2 aliphatic heterocycles. The number of aromatic nitrogens is 3. The first-order valence-electron chi connectivity index (χ1n) is 9.36. The molecule has 27 heavy (non-hydrogen) atoms. The average molecular weight is 393 g/mol. The maximum absolute atomic E-state index is 14.2. The largest absolute Gasteiger partial charge is 0.315 e. The molecule has 0 aliphatic carbocycles. The number of piperidine rings is 1. The summed E-state index contributed by atoms with van der Waals surface area (Å²) in [5.74, 6) is 1.06. The van der Waals surface area contributed by atoms with E-state index in [1.807, 2.05) is 0 Å². The molecule has 9 heteroatoms. The molecule has 7 nitrogen and oxygen atoms in total. The normalized spacial score (nSPS) is 21.6. The fourth-order valence-corrected chi connectivity index (χ4v) is 5.59. The second kappa shape index (κ2) is 7.29. The van der Waals surface area contributed by atoms with E-state index in [2.05, 4.69) is 20.1 Å². The first kappa shape index (κ1) is 18.5. The number of hydrogen-bond acceptors (Lipinski definition) is 5. The number of nitrogens with zero attached hydrogens (tertiary/aromatic N) is 4. The SMILES string of the molecule is Cc1ccc(F)c(S(=O)(=O)N2CCC[C@H](c3nnc4n3CCNCC4)C2)c1. The summed E-state index contributed by atoms with van der Waals surface area (Å²) in [6.07, 6.45) is 2.39. The molecule has 1 saturated heterocycles. The molecule has 0 bridgehead atoms. The van der Waals surface area contributed by atoms with Gasteiger partial charge in [-0.2, -0.15) is 4.31 Å². The van der Waals surface area contributed by atoms with Gasteiger partial charge in [0.15, 0.2) is 0 Å². The van der Waals surface area contributed by atoms with Crippen molar-refractivity contribution in [1.29, 1.82) is 0 Å². The molecule has 0 unspecified atom stereocenters. The number of sulfonamides is 1. The third kappa shape index (κ3) is 3.51. The Labute approximate surface area is 158 Å². The summed E-state index contributed by atoms with van der Waals surface area (Å²) in [6, 6.07) is 4.20. The van der Waals surface area contributed by atoms with Crippen LogP contribution in [0.3, 0.4) is 0 Å². The van der Waals surface area contributed by atoms with Gasteiger partial charge in [-0.3, -0.25) is 0 Å². The molecular weight excluding hydrogens is 369 g/mol. The van der Waals surface area contributed by atoms with Crippen LogP contribution in [-0.4, -0.2) is 53.7 Å². The Morgan fingerprint density at radius 1 is 1.22 bits per heavy atom. The third-order valence-electron chi connectivity index (χ3n) is 5.35. The van der Waals surface area contributed by atoms with E-state index in [4.69, 9.17) is 0 Å². The number of fused-ring (bicyclic) bond motifs is 1. The van der Waals surface area contributed by atoms with Gasteiger partial charge in [-0.15, -0.1) is 10.2 Å². The highest BCUT2D eigenvalue weighted by molar-refractivity contribution is 7.89. The van der Waals surface area contributed by atoms with E-state index in [-0.39, 0.29) is 10.8 Å². The number of halogens is 1. The standard InChI is InChI=1S/C18H24FN5O2S/c1-13-4-5-15(19)16(11-13)27(25,26)23-9-2-3-14(12-23)18-22-21-17-6-7-20-8-10-24(17)18/h4-5,11,14,20H,2-3,6-10,12H2,1H3/t14-/m0/s1. The van der Waals surface area contributed by atoms with E-state index in [9.17, 15) is 12.8 Å². The molecule has 1 fully saturated rings. The summed E-state index contributed by atoms with van der Waals surface area (Å²) in [7, 11) is -3.88. The lowest BCUT2D eigenvalue weighted by Crippen LogP contribution is -2.40. The molecule has 0 amide bonds. The zero-order valence-electron chi connectivity index (χ0n) is 15.4. The van der Waals surface area contributed by atoms with Crippen LogP contribution >= 0.6 is 0 Å². The fraction of sp³-hybridized carbons (Fsp3) is 0.556. The molecule has 1 aromatic heterocycles. The van der Waals surface area contributed by atoms with Crippen molar-refractivity contribution in [1.82, 2.24) is 24.4 Å². The van der Waals surface area contributed by atoms with Crippen LogP contribution in [0.15, 0.2) is 23.1 Å². The van der Waals surface area contributed by atoms with Crippen LogP contribution in [0.4, 0.5) is 4.39 Å². The van der Waals surface area contributed by atoms with Gasteiger partial charge in [0.1, 0.15) is 22.4 Å². The number of nitrogens with one attached hydrogen (secondary N) is 1. The topological polar surface area (TPSA) is 80.1 Å². The second-order valence-electron chi connectivity index (χ2n) is 7.26. The molecule has 1 aromatic carbocycles. The zero-order valence-corrected chi connectivity index (χ0v) is 16.2. The minimum atomic E-state index is -3.88. The van der Waals surface area contributed by atoms with E-state index in [1.165, 1.54) is 16.4 Å². The van der Waals surface area contributed by atoms with Gasteiger partial charge >= 0.3 is 0 Å². The van der Waals surface area contributed by atoms with Gasteiger partial charge in [0, 0.05) is 45.1 Å². The Kier molecular flexibility index (Phi) is 5.00. The highest BCUT2D eigenvalue weighted by Crippen LogP contribution is 2.31. The number of hydrogen-bond donors (Lipinski definition) is 1. The minimum absolute atomic E-state index is 0.0271. The van der Waals surface area contributed by atoms with E-state index in [0.29, 0.717) is 13.1 Å². The Bertz CT molecular complexity index is 943. The lowest BCUT2D eigenvalue weighted by molar-refractivity contribution is 0.303. The molecular formula is C18H24FN5O2S. The molecule has 2 aliphatic rings. The van der Waals surface area contributed by atoms with Crippen molar-refractivity contribution >= 4 is 10.0 Å². The Morgan fingerprint density at radius 2 is 2.07 bits per heavy atom. The first-order valence-corrected chi connectivity index (χ1v) is 10.8. The number of rotatable bonds is 3. The lowest BCUT2D eigenvalue weighted by Gasteiger charge is -2.31. The number of aryl methyl sites for hydroxylation is 1. The van der Waals surface area contributed by atoms with Gasteiger partial charge in [0.2, 0.25) is 10.0 Å². The van der Waals surface area contributed by atoms with Crippen LogP contribution < -0.4 is 5.32 Å². The molecule has 2 aromatic rings. The summed E-state index contributed by atoms with van der Waals surface area (Å²) in [6.45, 7) is 4.97. The van der Waals surface area contributed by atoms with Gasteiger partial charge in [-0.1, -0.05) is 6.07 Å². The molecule has 0 saturated carbocycles. The van der Waals surface area contributed by atoms with Crippen molar-refractivity contribution in [2.45, 2.75) is 43.5 Å². The van der Waals surface area contributed by atoms with Gasteiger partial charge in [0.25, 0.3) is 0 Å². The van der Waals surface area contributed by atoms with Gasteiger partial charge in [-0.05, 0) is 37.5 Å². The summed E-state index contributed by atoms with van der Waals surface area (Å²) >= 11 is 0. The average Bonchev–Trinajstić information content (AvgIpc) is 2.92. The smallest absolute Gasteiger partial charge is 0.246 e. The van der Waals surface area contributed by atoms with Gasteiger partial charge in [0.05, 0.1) is 0 Å². The van der Waals surface area contributed by atoms with Crippen molar-refractivity contribution in [3.8, 4) is 0 Å². The molecule has 0 spiro atoms. The van der Waals surface area contributed by atoms with Crippen molar-refractivity contribution < 1.29 is 12.8 Å². The summed E-state index contributed by atoms with van der Waals surface area (Å²) < 4.78 is 43.8. The molecule has 1 atom stereocenters. The van der Waals surface area contributed by atoms with Crippen LogP contribution in [0, 0.1) is 12.7 Å². The predicted octanol–water partition coefficient (Wildman–Crippen LogP) is 1.44. The van der Waals surface area contributed by atoms with Crippen molar-refractivity contribution in [3.05, 3.63) is 41.2 Å². The third-order valence-corrected chi connectivity index (χ3v) is 7.23. The van der Waals surface area contributed by atoms with Gasteiger partial charge in [-0.25, -0.2) is 12.8 Å². The summed E-state index contributed by atoms with van der Waals surface area (Å²) in [5, 5.41) is 12.0. The van der Waals surface area contributed by atoms with Crippen LogP contribution in [0.5, 0.6) is 0 Å². The zero-order chi connectivity index (χ0) is 19.0. The van der Waals surface area contributed by atoms with Crippen LogP contribution in [-0.2, 0) is 23.0 Å². The highest BCUT2D eigenvalue weighted by Gasteiger charge is 2.35. The van der Waals surface area contributed by atoms with Crippen molar-refractivity contribution in [2.75, 3.05) is 26.2 Å². The van der Waals surface area contributed by atoms with Crippen molar-refractivity contribution in [2.24, 2.45) is 0 Å². The first-order chi connectivity index (χ1) is 13.0. The monoisotopic (exact) mass is 393 g/mol. The number of benzene rings is 1. The lowest BCUT2D eigenvalue weighted by atomic mass is 9.99. The highest BCUT2D eigenvalue weighted by atomic mass is 32.2. The second-order valence-corrected chi connectivity index (χ2v) is 9.17. The molecule has 4 rings (SSSR count). The fourth-order valence-electron chi connectivity index (χ4n) is 3.91. The van der Waals surface area contributed by atoms with Crippen molar-refractivity contribution in [3.63, 3.8) is 0 Å². The maximum atomic E-state index is 14.2. The molecule has 1 N–H and O–H groups in total. The molecule has 3 heterocycles. The van der Waals surface area contributed by atoms with Crippen LogP contribution in [0.2, 0.25) is 0 Å². The molecule has 0 radical (unpaired) electrons. The Morgan fingerprint density at radius 3 is 2.93 bits per heavy atom. The predicted molar refractivity (Wildman–Crippen MR) is 98.5 cm³/mol. The Balaban J connectivity index is 1.62. The van der Waals surface area contributed by atoms with E-state index < -0.39 is 15.8 Å². The van der Waals surface area contributed by atoms with E-state index >= 15 is 0 Å². The Hall–Kier alpha value is -1.84. The van der Waals surface area contributed by atoms with Crippen LogP contribution in [0.1, 0.15) is 36.0 Å². The minimum Gasteiger partial charge on any atom is -0.315 e. The molecule has 146 valence electrons. The quantitative estimate of drug-likeness (QED) is 0.854. The van der Waals surface area contributed by atoms with Crippen LogP contribution in [0.25, 0.3) is 0 Å². The van der Waals surface area contributed by atoms with Gasteiger partial charge < -0.3 is 9.88 Å². The van der Waals surface area contributed by atoms with E-state index in [0.717, 1.165) is 56.1 Å².